The van der Waals surface area contributed by atoms with E-state index in [1.54, 1.807) is 19.2 Å². The van der Waals surface area contributed by atoms with Crippen LogP contribution in [0.25, 0.3) is 11.3 Å². The molecule has 0 bridgehead atoms. The van der Waals surface area contributed by atoms with Gasteiger partial charge in [-0.2, -0.15) is 0 Å². The van der Waals surface area contributed by atoms with Crippen molar-refractivity contribution in [2.75, 3.05) is 33.4 Å². The number of esters is 1. The molecule has 37 heavy (non-hydrogen) atoms. The zero-order chi connectivity index (χ0) is 26.9. The minimum absolute atomic E-state index is 0.0409. The van der Waals surface area contributed by atoms with E-state index in [2.05, 4.69) is 57.2 Å². The van der Waals surface area contributed by atoms with Crippen molar-refractivity contribution >= 4 is 17.2 Å². The predicted octanol–water partition coefficient (Wildman–Crippen LogP) is 3.46. The van der Waals surface area contributed by atoms with E-state index in [0.717, 1.165) is 59.1 Å². The van der Waals surface area contributed by atoms with Crippen LogP contribution < -0.4 is 20.6 Å². The van der Waals surface area contributed by atoms with Crippen molar-refractivity contribution in [3.05, 3.63) is 62.4 Å². The largest absolute Gasteiger partial charge is 0.490 e. The van der Waals surface area contributed by atoms with Gasteiger partial charge in [-0.1, -0.05) is 38.5 Å². The number of nitrogens with zero attached hydrogens (tertiary/aromatic N) is 2. The Balaban J connectivity index is 1.97. The molecule has 2 aliphatic rings. The quantitative estimate of drug-likeness (QED) is 0.576. The number of pyridine rings is 1. The van der Waals surface area contributed by atoms with E-state index in [1.165, 1.54) is 0 Å². The van der Waals surface area contributed by atoms with Crippen molar-refractivity contribution in [1.82, 2.24) is 9.47 Å². The zero-order valence-corrected chi connectivity index (χ0v) is 23.2. The number of likely N-dealkylation sites (N-methyl/N-ethyl adjacent to an activating group) is 1. The molecule has 2 atom stereocenters. The van der Waals surface area contributed by atoms with E-state index < -0.39 is 5.97 Å². The number of carbonyl (C=O) groups is 1. The van der Waals surface area contributed by atoms with Crippen LogP contribution in [0.1, 0.15) is 76.5 Å². The molecule has 1 fully saturated rings. The van der Waals surface area contributed by atoms with Crippen molar-refractivity contribution < 1.29 is 19.0 Å². The Morgan fingerprint density at radius 1 is 1.22 bits per heavy atom. The molecule has 2 aliphatic heterocycles. The summed E-state index contributed by atoms with van der Waals surface area (Å²) in [6, 6.07) is 7.71. The Kier molecular flexibility index (Phi) is 7.83. The van der Waals surface area contributed by atoms with E-state index >= 15 is 0 Å². The first-order valence-corrected chi connectivity index (χ1v) is 13.2. The van der Waals surface area contributed by atoms with E-state index in [4.69, 9.17) is 14.2 Å². The van der Waals surface area contributed by atoms with Crippen molar-refractivity contribution in [2.45, 2.75) is 66.5 Å². The van der Waals surface area contributed by atoms with Gasteiger partial charge in [0.1, 0.15) is 17.9 Å². The molecule has 0 N–H and O–H groups in total. The minimum Gasteiger partial charge on any atom is -0.490 e. The minimum atomic E-state index is -0.584. The molecular formula is C30H40N2O5. The second kappa shape index (κ2) is 10.7. The summed E-state index contributed by atoms with van der Waals surface area (Å²) in [5, 5.41) is 2.02. The van der Waals surface area contributed by atoms with Gasteiger partial charge < -0.3 is 23.7 Å². The maximum absolute atomic E-state index is 13.2. The first-order chi connectivity index (χ1) is 17.5. The summed E-state index contributed by atoms with van der Waals surface area (Å²) in [6.07, 6.45) is 3.89. The van der Waals surface area contributed by atoms with Crippen LogP contribution in [0.3, 0.4) is 0 Å². The van der Waals surface area contributed by atoms with Crippen LogP contribution in [-0.2, 0) is 9.47 Å². The lowest BCUT2D eigenvalue weighted by atomic mass is 9.84. The number of ether oxygens (including phenoxy) is 3. The van der Waals surface area contributed by atoms with Crippen LogP contribution in [0.4, 0.5) is 0 Å². The van der Waals surface area contributed by atoms with Crippen LogP contribution in [0.15, 0.2) is 35.3 Å². The molecule has 0 spiro atoms. The summed E-state index contributed by atoms with van der Waals surface area (Å²) in [4.78, 5) is 28.0. The Labute approximate surface area is 219 Å². The molecule has 1 aromatic heterocycles. The van der Waals surface area contributed by atoms with Gasteiger partial charge in [0.05, 0.1) is 30.1 Å². The maximum Gasteiger partial charge on any atom is 0.343 e. The third-order valence-corrected chi connectivity index (χ3v) is 7.21. The SMILES string of the molecule is CCOC(=O)c1cn2c(cc1=O)/C(=c1\cccc(OCC3CCCO3)c1=C(C)C)N(C)CC2C(C)(C)C. The molecule has 0 saturated carbocycles. The molecular weight excluding hydrogens is 468 g/mol. The van der Waals surface area contributed by atoms with Gasteiger partial charge in [-0.25, -0.2) is 4.79 Å². The molecule has 2 aromatic rings. The highest BCUT2D eigenvalue weighted by atomic mass is 16.5. The van der Waals surface area contributed by atoms with Crippen molar-refractivity contribution in [1.29, 1.82) is 0 Å². The predicted molar refractivity (Wildman–Crippen MR) is 145 cm³/mol. The molecule has 200 valence electrons. The van der Waals surface area contributed by atoms with Gasteiger partial charge in [0.15, 0.2) is 5.43 Å². The van der Waals surface area contributed by atoms with Gasteiger partial charge in [-0.05, 0) is 45.1 Å². The lowest BCUT2D eigenvalue weighted by Gasteiger charge is -2.43. The smallest absolute Gasteiger partial charge is 0.343 e. The Morgan fingerprint density at radius 3 is 2.59 bits per heavy atom. The number of fused-ring (bicyclic) bond motifs is 1. The highest BCUT2D eigenvalue weighted by Crippen LogP contribution is 2.37. The Morgan fingerprint density at radius 2 is 1.97 bits per heavy atom. The Hall–Kier alpha value is -3.06. The van der Waals surface area contributed by atoms with Gasteiger partial charge in [0, 0.05) is 42.9 Å². The van der Waals surface area contributed by atoms with Gasteiger partial charge in [-0.15, -0.1) is 0 Å². The zero-order valence-electron chi connectivity index (χ0n) is 23.2. The third-order valence-electron chi connectivity index (χ3n) is 7.21. The molecule has 0 radical (unpaired) electrons. The normalized spacial score (nSPS) is 21.0. The number of aromatic nitrogens is 1. The standard InChI is InChI=1S/C30H40N2O5/c1-8-35-29(34)22-16-32-23(15-24(22)33)28(31(7)17-26(32)30(4,5)6)21-12-9-13-25(27(21)19(2)3)37-18-20-11-10-14-36-20/h9,12-13,15-16,20,26H,8,10-11,14,17-18H2,1-7H3/b28-21-. The summed E-state index contributed by atoms with van der Waals surface area (Å²) in [7, 11) is 2.07. The molecule has 3 heterocycles. The molecule has 2 unspecified atom stereocenters. The third kappa shape index (κ3) is 5.47. The van der Waals surface area contributed by atoms with Gasteiger partial charge in [0.2, 0.25) is 0 Å². The van der Waals surface area contributed by atoms with Crippen LogP contribution in [-0.4, -0.2) is 55.0 Å². The molecule has 0 aliphatic carbocycles. The number of rotatable bonds is 5. The highest BCUT2D eigenvalue weighted by Gasteiger charge is 2.35. The summed E-state index contributed by atoms with van der Waals surface area (Å²) in [6.45, 7) is 14.7. The number of hydrogen-bond acceptors (Lipinski definition) is 6. The second-order valence-electron chi connectivity index (χ2n) is 11.3. The summed E-state index contributed by atoms with van der Waals surface area (Å²) >= 11 is 0. The monoisotopic (exact) mass is 508 g/mol. The Bertz CT molecular complexity index is 1340. The van der Waals surface area contributed by atoms with Crippen LogP contribution in [0, 0.1) is 5.41 Å². The van der Waals surface area contributed by atoms with E-state index in [9.17, 15) is 9.59 Å². The lowest BCUT2D eigenvalue weighted by molar-refractivity contribution is 0.0522. The topological polar surface area (TPSA) is 70.0 Å². The first kappa shape index (κ1) is 27.0. The molecule has 1 saturated heterocycles. The fraction of sp³-hybridized carbons (Fsp3) is 0.533. The molecule has 1 aromatic carbocycles. The summed E-state index contributed by atoms with van der Waals surface area (Å²) in [5.74, 6) is 0.225. The van der Waals surface area contributed by atoms with E-state index in [1.807, 2.05) is 12.1 Å². The van der Waals surface area contributed by atoms with Gasteiger partial charge >= 0.3 is 5.97 Å². The molecule has 7 heteroatoms. The van der Waals surface area contributed by atoms with Crippen LogP contribution >= 0.6 is 0 Å². The molecule has 7 nitrogen and oxygen atoms in total. The second-order valence-corrected chi connectivity index (χ2v) is 11.3. The highest BCUT2D eigenvalue weighted by molar-refractivity contribution is 5.89. The number of carbonyl (C=O) groups excluding carboxylic acids is 1. The lowest BCUT2D eigenvalue weighted by Crippen LogP contribution is -2.46. The molecule has 4 rings (SSSR count). The van der Waals surface area contributed by atoms with Crippen molar-refractivity contribution in [2.24, 2.45) is 5.41 Å². The molecule has 0 amide bonds. The van der Waals surface area contributed by atoms with Gasteiger partial charge in [-0.3, -0.25) is 4.79 Å². The summed E-state index contributed by atoms with van der Waals surface area (Å²) in [5.41, 5.74) is 2.45. The maximum atomic E-state index is 13.2. The fourth-order valence-corrected chi connectivity index (χ4v) is 5.35. The van der Waals surface area contributed by atoms with Crippen LogP contribution in [0.5, 0.6) is 5.75 Å². The average molecular weight is 509 g/mol. The van der Waals surface area contributed by atoms with Crippen molar-refractivity contribution in [3.63, 3.8) is 0 Å². The van der Waals surface area contributed by atoms with E-state index in [-0.39, 0.29) is 35.2 Å². The fourth-order valence-electron chi connectivity index (χ4n) is 5.35. The van der Waals surface area contributed by atoms with Crippen molar-refractivity contribution in [3.8, 4) is 5.75 Å². The first-order valence-electron chi connectivity index (χ1n) is 13.2. The van der Waals surface area contributed by atoms with E-state index in [0.29, 0.717) is 6.61 Å². The van der Waals surface area contributed by atoms with Crippen LogP contribution in [0.2, 0.25) is 0 Å². The summed E-state index contributed by atoms with van der Waals surface area (Å²) < 4.78 is 19.4. The number of hydrogen-bond donors (Lipinski definition) is 0. The van der Waals surface area contributed by atoms with Gasteiger partial charge in [0.25, 0.3) is 0 Å². The number of benzene rings is 1. The average Bonchev–Trinajstić information content (AvgIpc) is 3.35.